The first-order valence-corrected chi connectivity index (χ1v) is 17.3. The van der Waals surface area contributed by atoms with Crippen LogP contribution >= 0.6 is 23.5 Å². The zero-order chi connectivity index (χ0) is 30.7. The molecule has 3 rings (SSSR count). The van der Waals surface area contributed by atoms with E-state index in [1.54, 1.807) is 7.05 Å². The Morgan fingerprint density at radius 1 is 1.17 bits per heavy atom. The smallest absolute Gasteiger partial charge is 0.242 e. The average molecular weight is 628 g/mol. The first kappa shape index (κ1) is 34.8. The average Bonchev–Trinajstić information content (AvgIpc) is 3.30. The number of carbonyl (C=O) groups is 5. The zero-order valence-electron chi connectivity index (χ0n) is 25.5. The van der Waals surface area contributed by atoms with Gasteiger partial charge in [0.2, 0.25) is 23.6 Å². The molecule has 4 amide bonds. The Hall–Kier alpha value is -1.67. The molecule has 3 aliphatic heterocycles. The van der Waals surface area contributed by atoms with E-state index in [4.69, 9.17) is 4.84 Å². The van der Waals surface area contributed by atoms with Crippen molar-refractivity contribution in [3.8, 4) is 0 Å². The molecule has 2 unspecified atom stereocenters. The topological polar surface area (TPSA) is 146 Å². The van der Waals surface area contributed by atoms with Gasteiger partial charge < -0.3 is 10.2 Å². The summed E-state index contributed by atoms with van der Waals surface area (Å²) in [6.45, 7) is 7.11. The normalized spacial score (nSPS) is 27.3. The molecular formula is C29H49N5O6S2. The third-order valence-electron chi connectivity index (χ3n) is 8.59. The van der Waals surface area contributed by atoms with Gasteiger partial charge in [-0.05, 0) is 63.8 Å². The predicted octanol–water partition coefficient (Wildman–Crippen LogP) is 2.34. The quantitative estimate of drug-likeness (QED) is 0.114. The van der Waals surface area contributed by atoms with Crippen molar-refractivity contribution in [2.45, 2.75) is 108 Å². The van der Waals surface area contributed by atoms with Gasteiger partial charge in [0, 0.05) is 42.6 Å². The Bertz CT molecular complexity index is 971. The number of Topliss-reactive ketones (excluding diaryl/α,β-unsaturated/α-hetero) is 1. The summed E-state index contributed by atoms with van der Waals surface area (Å²) < 4.78 is 0. The molecule has 0 bridgehead atoms. The van der Waals surface area contributed by atoms with Crippen molar-refractivity contribution in [1.29, 1.82) is 0 Å². The van der Waals surface area contributed by atoms with E-state index in [0.717, 1.165) is 31.6 Å². The Morgan fingerprint density at radius 2 is 1.90 bits per heavy atom. The van der Waals surface area contributed by atoms with Crippen LogP contribution in [0.4, 0.5) is 0 Å². The number of imide groups is 1. The SMILES string of the molecule is CN[C@@H](CSC1CC(=O)N(CCCCCC(=O)NNC(=O)CCC(C)C[C@@H]2SC[C@]3(C)CCCON[C@@H]23)C1=O)C(C)=O. The van der Waals surface area contributed by atoms with Gasteiger partial charge in [-0.2, -0.15) is 17.2 Å². The number of likely N-dealkylation sites (tertiary alicyclic amines) is 1. The van der Waals surface area contributed by atoms with E-state index in [0.29, 0.717) is 55.2 Å². The molecule has 3 saturated heterocycles. The third-order valence-corrected chi connectivity index (χ3v) is 11.6. The van der Waals surface area contributed by atoms with E-state index < -0.39 is 5.25 Å². The van der Waals surface area contributed by atoms with Gasteiger partial charge in [0.05, 0.1) is 23.9 Å². The minimum absolute atomic E-state index is 0.00152. The summed E-state index contributed by atoms with van der Waals surface area (Å²) in [4.78, 5) is 67.9. The maximum absolute atomic E-state index is 12.6. The number of amides is 4. The van der Waals surface area contributed by atoms with Gasteiger partial charge in [-0.3, -0.25) is 39.7 Å². The molecule has 0 spiro atoms. The molecule has 3 heterocycles. The molecule has 6 atom stereocenters. The molecule has 3 fully saturated rings. The number of hydrogen-bond acceptors (Lipinski definition) is 10. The number of likely N-dealkylation sites (N-methyl/N-ethyl adjacent to an activating group) is 1. The maximum Gasteiger partial charge on any atom is 0.242 e. The van der Waals surface area contributed by atoms with Crippen molar-refractivity contribution >= 4 is 52.9 Å². The fourth-order valence-corrected chi connectivity index (χ4v) is 9.12. The van der Waals surface area contributed by atoms with Gasteiger partial charge in [0.15, 0.2) is 0 Å². The van der Waals surface area contributed by atoms with Crippen LogP contribution in [0, 0.1) is 11.3 Å². The Balaban J connectivity index is 1.23. The number of fused-ring (bicyclic) bond motifs is 1. The van der Waals surface area contributed by atoms with Crippen LogP contribution in [0.2, 0.25) is 0 Å². The van der Waals surface area contributed by atoms with Gasteiger partial charge in [0.1, 0.15) is 5.78 Å². The number of nitrogens with zero attached hydrogens (tertiary/aromatic N) is 1. The van der Waals surface area contributed by atoms with Crippen molar-refractivity contribution in [2.75, 3.05) is 31.7 Å². The first-order chi connectivity index (χ1) is 20.0. The van der Waals surface area contributed by atoms with E-state index in [9.17, 15) is 24.0 Å². The molecule has 11 nitrogen and oxygen atoms in total. The van der Waals surface area contributed by atoms with Crippen molar-refractivity contribution in [3.63, 3.8) is 0 Å². The second kappa shape index (κ2) is 17.0. The summed E-state index contributed by atoms with van der Waals surface area (Å²) in [5.41, 5.74) is 8.58. The molecular weight excluding hydrogens is 578 g/mol. The molecule has 13 heteroatoms. The summed E-state index contributed by atoms with van der Waals surface area (Å²) in [5.74, 6) is 1.12. The van der Waals surface area contributed by atoms with Crippen LogP contribution in [-0.4, -0.2) is 88.6 Å². The molecule has 0 saturated carbocycles. The number of hydrogen-bond donors (Lipinski definition) is 4. The van der Waals surface area contributed by atoms with Crippen LogP contribution < -0.4 is 21.6 Å². The number of ketones is 1. The number of carbonyl (C=O) groups excluding carboxylic acids is 5. The highest BCUT2D eigenvalue weighted by Gasteiger charge is 2.46. The Kier molecular flexibility index (Phi) is 14.1. The Labute approximate surface area is 258 Å². The van der Waals surface area contributed by atoms with Crippen molar-refractivity contribution in [2.24, 2.45) is 11.3 Å². The second-order valence-electron chi connectivity index (χ2n) is 12.2. The minimum Gasteiger partial charge on any atom is -0.310 e. The summed E-state index contributed by atoms with van der Waals surface area (Å²) in [5, 5.41) is 2.95. The van der Waals surface area contributed by atoms with Gasteiger partial charge in [0.25, 0.3) is 0 Å². The van der Waals surface area contributed by atoms with E-state index in [1.165, 1.54) is 30.0 Å². The lowest BCUT2D eigenvalue weighted by atomic mass is 9.78. The van der Waals surface area contributed by atoms with Gasteiger partial charge in [-0.25, -0.2) is 0 Å². The highest BCUT2D eigenvalue weighted by Crippen LogP contribution is 2.47. The summed E-state index contributed by atoms with van der Waals surface area (Å²) >= 11 is 3.35. The number of thioether (sulfide) groups is 2. The van der Waals surface area contributed by atoms with Crippen LogP contribution in [0.5, 0.6) is 0 Å². The highest BCUT2D eigenvalue weighted by atomic mass is 32.2. The van der Waals surface area contributed by atoms with E-state index >= 15 is 0 Å². The lowest BCUT2D eigenvalue weighted by molar-refractivity contribution is -0.138. The zero-order valence-corrected chi connectivity index (χ0v) is 27.1. The minimum atomic E-state index is -0.449. The predicted molar refractivity (Wildman–Crippen MR) is 165 cm³/mol. The van der Waals surface area contributed by atoms with Gasteiger partial charge in [-0.15, -0.1) is 11.8 Å². The lowest BCUT2D eigenvalue weighted by Gasteiger charge is -2.31. The van der Waals surface area contributed by atoms with Crippen LogP contribution in [0.1, 0.15) is 85.0 Å². The van der Waals surface area contributed by atoms with E-state index in [-0.39, 0.29) is 53.7 Å². The molecule has 0 aromatic heterocycles. The molecule has 42 heavy (non-hydrogen) atoms. The molecule has 4 N–H and O–H groups in total. The lowest BCUT2D eigenvalue weighted by Crippen LogP contribution is -2.45. The fourth-order valence-electron chi connectivity index (χ4n) is 5.80. The van der Waals surface area contributed by atoms with Gasteiger partial charge >= 0.3 is 0 Å². The molecule has 0 radical (unpaired) electrons. The Morgan fingerprint density at radius 3 is 2.62 bits per heavy atom. The monoisotopic (exact) mass is 627 g/mol. The highest BCUT2D eigenvalue weighted by molar-refractivity contribution is 8.00. The van der Waals surface area contributed by atoms with E-state index in [2.05, 4.69) is 35.5 Å². The van der Waals surface area contributed by atoms with Crippen LogP contribution in [0.25, 0.3) is 0 Å². The summed E-state index contributed by atoms with van der Waals surface area (Å²) in [6.07, 6.45) is 6.67. The van der Waals surface area contributed by atoms with Crippen LogP contribution in [0.3, 0.4) is 0 Å². The third kappa shape index (κ3) is 10.2. The molecule has 0 aromatic carbocycles. The summed E-state index contributed by atoms with van der Waals surface area (Å²) in [7, 11) is 1.70. The second-order valence-corrected chi connectivity index (χ2v) is 14.7. The summed E-state index contributed by atoms with van der Waals surface area (Å²) in [6, 6.07) is 0.00156. The first-order valence-electron chi connectivity index (χ1n) is 15.2. The molecule has 0 aromatic rings. The largest absolute Gasteiger partial charge is 0.310 e. The molecule has 3 aliphatic rings. The van der Waals surface area contributed by atoms with E-state index in [1.807, 2.05) is 11.8 Å². The van der Waals surface area contributed by atoms with Crippen molar-refractivity contribution in [1.82, 2.24) is 26.5 Å². The fraction of sp³-hybridized carbons (Fsp3) is 0.828. The number of hydrazine groups is 1. The number of unbranched alkanes of at least 4 members (excludes halogenated alkanes) is 2. The van der Waals surface area contributed by atoms with Gasteiger partial charge in [-0.1, -0.05) is 20.3 Å². The van der Waals surface area contributed by atoms with Crippen LogP contribution in [0.15, 0.2) is 0 Å². The number of hydroxylamine groups is 1. The maximum atomic E-state index is 12.6. The van der Waals surface area contributed by atoms with Crippen molar-refractivity contribution in [3.05, 3.63) is 0 Å². The standard InChI is InChI=1S/C29H49N5O6S2/c1-19(15-22-27-29(3,18-42-22)12-8-14-40-33-27)10-11-25(37)32-31-24(36)9-6-5-7-13-34-26(38)16-23(28(34)39)41-17-21(30-4)20(2)35/h19,21-23,27,30,33H,5-18H2,1-4H3,(H,31,36)(H,32,37)/t19?,21-,22-,23?,27-,29-/m0/s1. The number of nitrogens with one attached hydrogen (secondary N) is 4. The molecule has 238 valence electrons. The van der Waals surface area contributed by atoms with Crippen LogP contribution in [-0.2, 0) is 28.8 Å². The number of rotatable bonds is 16. The molecule has 0 aliphatic carbocycles. The van der Waals surface area contributed by atoms with Crippen molar-refractivity contribution < 1.29 is 28.8 Å².